The van der Waals surface area contributed by atoms with E-state index in [4.69, 9.17) is 5.73 Å². The summed E-state index contributed by atoms with van der Waals surface area (Å²) in [7, 11) is 0. The van der Waals surface area contributed by atoms with Gasteiger partial charge in [-0.2, -0.15) is 5.11 Å². The van der Waals surface area contributed by atoms with Crippen molar-refractivity contribution in [1.29, 1.82) is 0 Å². The molecule has 0 unspecified atom stereocenters. The van der Waals surface area contributed by atoms with E-state index < -0.39 is 0 Å². The van der Waals surface area contributed by atoms with Crippen molar-refractivity contribution in [3.8, 4) is 0 Å². The summed E-state index contributed by atoms with van der Waals surface area (Å²) < 4.78 is 0. The first-order valence-electron chi connectivity index (χ1n) is 6.36. The van der Waals surface area contributed by atoms with Gasteiger partial charge in [0.1, 0.15) is 5.69 Å². The zero-order valence-electron chi connectivity index (χ0n) is 11.1. The summed E-state index contributed by atoms with van der Waals surface area (Å²) in [5.74, 6) is 0. The van der Waals surface area contributed by atoms with Crippen LogP contribution in [0.15, 0.2) is 65.0 Å². The maximum atomic E-state index is 5.99. The van der Waals surface area contributed by atoms with Gasteiger partial charge in [0, 0.05) is 11.6 Å². The monoisotopic (exact) mass is 262 g/mol. The van der Waals surface area contributed by atoms with Crippen LogP contribution in [0.1, 0.15) is 5.56 Å². The molecule has 0 aliphatic carbocycles. The highest BCUT2D eigenvalue weighted by Crippen LogP contribution is 2.32. The largest absolute Gasteiger partial charge is 0.397 e. The Kier molecular flexibility index (Phi) is 3.13. The number of hydrogen-bond acceptors (Lipinski definition) is 4. The molecule has 0 amide bonds. The summed E-state index contributed by atoms with van der Waals surface area (Å²) in [5, 5.41) is 9.45. The molecule has 0 radical (unpaired) electrons. The quantitative estimate of drug-likeness (QED) is 0.544. The summed E-state index contributed by atoms with van der Waals surface area (Å²) in [6, 6.07) is 15.4. The fourth-order valence-corrected chi connectivity index (χ4v) is 1.98. The predicted molar refractivity (Wildman–Crippen MR) is 81.5 cm³/mol. The average molecular weight is 262 g/mol. The second-order valence-electron chi connectivity index (χ2n) is 4.61. The lowest BCUT2D eigenvalue weighted by Gasteiger charge is -2.03. The number of nitrogens with two attached hydrogens (primary N) is 1. The van der Waals surface area contributed by atoms with Crippen LogP contribution in [-0.2, 0) is 0 Å². The maximum absolute atomic E-state index is 5.99. The Morgan fingerprint density at radius 3 is 2.55 bits per heavy atom. The lowest BCUT2D eigenvalue weighted by atomic mass is 10.1. The molecule has 1 heterocycles. The average Bonchev–Trinajstić information content (AvgIpc) is 2.48. The van der Waals surface area contributed by atoms with E-state index in [1.54, 1.807) is 12.3 Å². The Morgan fingerprint density at radius 1 is 0.950 bits per heavy atom. The molecule has 0 aliphatic heterocycles. The number of hydrogen-bond donors (Lipinski definition) is 1. The molecule has 98 valence electrons. The number of nitrogen functional groups attached to an aromatic ring is 1. The van der Waals surface area contributed by atoms with Gasteiger partial charge in [0.25, 0.3) is 0 Å². The Balaban J connectivity index is 2.06. The minimum Gasteiger partial charge on any atom is -0.397 e. The number of pyridine rings is 1. The molecule has 2 N–H and O–H groups in total. The summed E-state index contributed by atoms with van der Waals surface area (Å²) in [4.78, 5) is 4.29. The van der Waals surface area contributed by atoms with Crippen LogP contribution in [0, 0.1) is 6.92 Å². The zero-order valence-corrected chi connectivity index (χ0v) is 11.1. The second kappa shape index (κ2) is 5.09. The first-order valence-corrected chi connectivity index (χ1v) is 6.36. The summed E-state index contributed by atoms with van der Waals surface area (Å²) >= 11 is 0. The lowest BCUT2D eigenvalue weighted by molar-refractivity contribution is 1.23. The van der Waals surface area contributed by atoms with E-state index in [0.29, 0.717) is 11.4 Å². The third kappa shape index (κ3) is 2.36. The minimum absolute atomic E-state index is 0.598. The van der Waals surface area contributed by atoms with Crippen LogP contribution in [0.3, 0.4) is 0 Å². The van der Waals surface area contributed by atoms with Gasteiger partial charge < -0.3 is 5.73 Å². The Labute approximate surface area is 117 Å². The molecule has 0 spiro atoms. The smallest absolute Gasteiger partial charge is 0.118 e. The molecule has 0 fully saturated rings. The van der Waals surface area contributed by atoms with E-state index in [9.17, 15) is 0 Å². The van der Waals surface area contributed by atoms with Crippen molar-refractivity contribution in [2.45, 2.75) is 6.92 Å². The van der Waals surface area contributed by atoms with E-state index in [1.807, 2.05) is 49.4 Å². The summed E-state index contributed by atoms with van der Waals surface area (Å²) in [6.45, 7) is 2.04. The number of benzene rings is 2. The highest BCUT2D eigenvalue weighted by Gasteiger charge is 2.04. The molecule has 0 atom stereocenters. The zero-order chi connectivity index (χ0) is 13.9. The molecule has 20 heavy (non-hydrogen) atoms. The van der Waals surface area contributed by atoms with Gasteiger partial charge in [-0.1, -0.05) is 17.7 Å². The Hall–Kier alpha value is -2.75. The molecule has 0 saturated heterocycles. The van der Waals surface area contributed by atoms with Gasteiger partial charge in [0.2, 0.25) is 0 Å². The van der Waals surface area contributed by atoms with Gasteiger partial charge >= 0.3 is 0 Å². The van der Waals surface area contributed by atoms with E-state index in [1.165, 1.54) is 5.56 Å². The molecular formula is C16H14N4. The molecular weight excluding hydrogens is 248 g/mol. The molecule has 1 aromatic heterocycles. The van der Waals surface area contributed by atoms with Gasteiger partial charge in [0.15, 0.2) is 0 Å². The van der Waals surface area contributed by atoms with Crippen molar-refractivity contribution < 1.29 is 0 Å². The predicted octanol–water partition coefficient (Wildman–Crippen LogP) is 4.54. The van der Waals surface area contributed by atoms with Crippen molar-refractivity contribution in [3.05, 3.63) is 60.3 Å². The van der Waals surface area contributed by atoms with E-state index >= 15 is 0 Å². The molecule has 2 aromatic carbocycles. The molecule has 3 rings (SSSR count). The number of aryl methyl sites for hydroxylation is 1. The molecule has 0 aliphatic rings. The van der Waals surface area contributed by atoms with Crippen molar-refractivity contribution in [2.24, 2.45) is 10.2 Å². The van der Waals surface area contributed by atoms with Gasteiger partial charge in [-0.25, -0.2) is 0 Å². The normalized spacial score (nSPS) is 11.2. The SMILES string of the molecule is Cc1ccc(N=Nc2c(N)ccc3ncccc23)cc1. The maximum Gasteiger partial charge on any atom is 0.118 e. The summed E-state index contributed by atoms with van der Waals surface area (Å²) in [5.41, 5.74) is 10.1. The van der Waals surface area contributed by atoms with Crippen molar-refractivity contribution in [2.75, 3.05) is 5.73 Å². The van der Waals surface area contributed by atoms with E-state index in [0.717, 1.165) is 16.6 Å². The van der Waals surface area contributed by atoms with Crippen LogP contribution in [0.25, 0.3) is 10.9 Å². The molecule has 0 saturated carbocycles. The van der Waals surface area contributed by atoms with Crippen molar-refractivity contribution >= 4 is 28.0 Å². The van der Waals surface area contributed by atoms with Gasteiger partial charge in [-0.05, 0) is 43.3 Å². The fourth-order valence-electron chi connectivity index (χ4n) is 1.98. The minimum atomic E-state index is 0.598. The summed E-state index contributed by atoms with van der Waals surface area (Å²) in [6.07, 6.45) is 1.75. The van der Waals surface area contributed by atoms with E-state index in [2.05, 4.69) is 15.2 Å². The number of fused-ring (bicyclic) bond motifs is 1. The number of azo groups is 1. The van der Waals surface area contributed by atoms with Crippen LogP contribution in [-0.4, -0.2) is 4.98 Å². The van der Waals surface area contributed by atoms with Gasteiger partial charge in [-0.15, -0.1) is 5.11 Å². The topological polar surface area (TPSA) is 63.6 Å². The van der Waals surface area contributed by atoms with Crippen LogP contribution < -0.4 is 5.73 Å². The van der Waals surface area contributed by atoms with Gasteiger partial charge in [-0.3, -0.25) is 4.98 Å². The first-order chi connectivity index (χ1) is 9.74. The van der Waals surface area contributed by atoms with Crippen LogP contribution in [0.4, 0.5) is 17.1 Å². The van der Waals surface area contributed by atoms with Crippen molar-refractivity contribution in [1.82, 2.24) is 4.98 Å². The van der Waals surface area contributed by atoms with Crippen LogP contribution >= 0.6 is 0 Å². The van der Waals surface area contributed by atoms with Crippen molar-refractivity contribution in [3.63, 3.8) is 0 Å². The molecule has 0 bridgehead atoms. The molecule has 4 heteroatoms. The van der Waals surface area contributed by atoms with Gasteiger partial charge in [0.05, 0.1) is 16.9 Å². The molecule has 4 nitrogen and oxygen atoms in total. The highest BCUT2D eigenvalue weighted by atomic mass is 15.1. The highest BCUT2D eigenvalue weighted by molar-refractivity contribution is 5.95. The molecule has 3 aromatic rings. The third-order valence-corrected chi connectivity index (χ3v) is 3.09. The number of anilines is 1. The van der Waals surface area contributed by atoms with Crippen LogP contribution in [0.5, 0.6) is 0 Å². The first kappa shape index (κ1) is 12.3. The number of aromatic nitrogens is 1. The van der Waals surface area contributed by atoms with Crippen LogP contribution in [0.2, 0.25) is 0 Å². The van der Waals surface area contributed by atoms with E-state index in [-0.39, 0.29) is 0 Å². The second-order valence-corrected chi connectivity index (χ2v) is 4.61. The Morgan fingerprint density at radius 2 is 1.75 bits per heavy atom. The lowest BCUT2D eigenvalue weighted by Crippen LogP contribution is -1.87. The third-order valence-electron chi connectivity index (χ3n) is 3.09. The fraction of sp³-hybridized carbons (Fsp3) is 0.0625. The Bertz CT molecular complexity index is 776. The number of rotatable bonds is 2. The number of nitrogens with zero attached hydrogens (tertiary/aromatic N) is 3. The standard InChI is InChI=1S/C16H14N4/c1-11-4-6-12(7-5-11)19-20-16-13-3-2-10-18-15(13)9-8-14(16)17/h2-10H,17H2,1H3.